The minimum absolute atomic E-state index is 1.10. The quantitative estimate of drug-likeness (QED) is 0.0963. The molecule has 0 amide bonds. The Balaban J connectivity index is 1.65. The Morgan fingerprint density at radius 1 is 0.475 bits per heavy atom. The van der Waals surface area contributed by atoms with Crippen LogP contribution in [0.25, 0.3) is 0 Å². The Labute approximate surface area is 250 Å². The molecule has 1 aromatic heterocycles. The molecule has 0 N–H and O–H groups in total. The van der Waals surface area contributed by atoms with Crippen molar-refractivity contribution in [2.24, 2.45) is 0 Å². The Morgan fingerprint density at radius 2 is 0.950 bits per heavy atom. The van der Waals surface area contributed by atoms with Crippen molar-refractivity contribution in [3.05, 3.63) is 53.6 Å². The number of nitrogens with zero attached hydrogens (tertiary/aromatic N) is 2. The smallest absolute Gasteiger partial charge is 0.108 e. The van der Waals surface area contributed by atoms with Crippen LogP contribution in [0.1, 0.15) is 179 Å². The molecular formula is C38H66N2. The van der Waals surface area contributed by atoms with Crippen LogP contribution in [0.4, 0.5) is 0 Å². The highest BCUT2D eigenvalue weighted by Crippen LogP contribution is 2.17. The Bertz CT molecular complexity index is 793. The predicted molar refractivity (Wildman–Crippen MR) is 177 cm³/mol. The van der Waals surface area contributed by atoms with Gasteiger partial charge in [-0.05, 0) is 37.7 Å². The standard InChI is InChI=1S/C38H66N2/c1-3-5-7-9-11-13-15-16-18-20-22-27-34-40-35-37(32-28-31-36-29-24-23-25-30-36)39-38(40)33-26-21-19-17-14-12-10-8-6-4-2/h23-25,29-30,35H,3-22,26-28,31-34H2,1-2H3. The third kappa shape index (κ3) is 18.0. The van der Waals surface area contributed by atoms with Gasteiger partial charge in [-0.15, -0.1) is 0 Å². The molecule has 2 rings (SSSR count). The molecule has 40 heavy (non-hydrogen) atoms. The molecule has 0 unspecified atom stereocenters. The van der Waals surface area contributed by atoms with Gasteiger partial charge in [0.1, 0.15) is 5.82 Å². The molecule has 2 nitrogen and oxygen atoms in total. The molecule has 2 aromatic rings. The zero-order chi connectivity index (χ0) is 28.4. The fourth-order valence-electron chi connectivity index (χ4n) is 6.04. The number of hydrogen-bond donors (Lipinski definition) is 0. The van der Waals surface area contributed by atoms with Gasteiger partial charge in [-0.1, -0.05) is 173 Å². The monoisotopic (exact) mass is 551 g/mol. The van der Waals surface area contributed by atoms with Crippen LogP contribution in [0.2, 0.25) is 0 Å². The summed E-state index contributed by atoms with van der Waals surface area (Å²) in [6.45, 7) is 5.77. The maximum atomic E-state index is 5.16. The summed E-state index contributed by atoms with van der Waals surface area (Å²) in [5.74, 6) is 1.36. The number of benzene rings is 1. The summed E-state index contributed by atoms with van der Waals surface area (Å²) in [5.41, 5.74) is 2.76. The fourth-order valence-corrected chi connectivity index (χ4v) is 6.04. The van der Waals surface area contributed by atoms with E-state index in [1.165, 1.54) is 165 Å². The van der Waals surface area contributed by atoms with E-state index in [0.717, 1.165) is 25.8 Å². The van der Waals surface area contributed by atoms with Gasteiger partial charge in [0.25, 0.3) is 0 Å². The largest absolute Gasteiger partial charge is 0.335 e. The summed E-state index contributed by atoms with van der Waals surface area (Å²) in [5, 5.41) is 0. The van der Waals surface area contributed by atoms with Crippen molar-refractivity contribution in [1.82, 2.24) is 9.55 Å². The van der Waals surface area contributed by atoms with Crippen LogP contribution in [-0.2, 0) is 25.8 Å². The summed E-state index contributed by atoms with van der Waals surface area (Å²) in [6.07, 6.45) is 38.0. The second-order valence-electron chi connectivity index (χ2n) is 12.5. The van der Waals surface area contributed by atoms with E-state index in [9.17, 15) is 0 Å². The van der Waals surface area contributed by atoms with Crippen molar-refractivity contribution >= 4 is 0 Å². The van der Waals surface area contributed by atoms with Gasteiger partial charge >= 0.3 is 0 Å². The molecule has 0 aliphatic heterocycles. The van der Waals surface area contributed by atoms with Crippen LogP contribution in [0.3, 0.4) is 0 Å². The van der Waals surface area contributed by atoms with E-state index in [2.05, 4.69) is 54.9 Å². The molecule has 0 bridgehead atoms. The first-order chi connectivity index (χ1) is 19.8. The average molecular weight is 551 g/mol. The van der Waals surface area contributed by atoms with Gasteiger partial charge < -0.3 is 4.57 Å². The predicted octanol–water partition coefficient (Wildman–Crippen LogP) is 12.2. The molecule has 0 aliphatic carbocycles. The topological polar surface area (TPSA) is 17.8 Å². The van der Waals surface area contributed by atoms with Gasteiger partial charge in [-0.3, -0.25) is 0 Å². The summed E-state index contributed by atoms with van der Waals surface area (Å²) in [7, 11) is 0. The molecule has 228 valence electrons. The summed E-state index contributed by atoms with van der Waals surface area (Å²) in [6, 6.07) is 10.9. The van der Waals surface area contributed by atoms with E-state index >= 15 is 0 Å². The molecule has 0 radical (unpaired) electrons. The lowest BCUT2D eigenvalue weighted by molar-refractivity contribution is 0.518. The van der Waals surface area contributed by atoms with Crippen molar-refractivity contribution in [1.29, 1.82) is 0 Å². The van der Waals surface area contributed by atoms with E-state index in [1.54, 1.807) is 0 Å². The van der Waals surface area contributed by atoms with Crippen LogP contribution in [0.15, 0.2) is 36.5 Å². The highest BCUT2D eigenvalue weighted by atomic mass is 15.1. The van der Waals surface area contributed by atoms with E-state index in [0.29, 0.717) is 0 Å². The van der Waals surface area contributed by atoms with Crippen molar-refractivity contribution in [2.45, 2.75) is 187 Å². The van der Waals surface area contributed by atoms with Gasteiger partial charge in [0.15, 0.2) is 0 Å². The van der Waals surface area contributed by atoms with Gasteiger partial charge in [0.05, 0.1) is 5.69 Å². The first-order valence-electron chi connectivity index (χ1n) is 17.9. The lowest BCUT2D eigenvalue weighted by Crippen LogP contribution is -2.03. The van der Waals surface area contributed by atoms with E-state index in [-0.39, 0.29) is 0 Å². The van der Waals surface area contributed by atoms with Crippen LogP contribution in [0, 0.1) is 0 Å². The number of rotatable bonds is 28. The lowest BCUT2D eigenvalue weighted by Gasteiger charge is -2.08. The number of unbranched alkanes of at least 4 members (excludes halogenated alkanes) is 20. The van der Waals surface area contributed by atoms with Crippen molar-refractivity contribution < 1.29 is 0 Å². The van der Waals surface area contributed by atoms with Crippen molar-refractivity contribution in [3.8, 4) is 0 Å². The van der Waals surface area contributed by atoms with Gasteiger partial charge in [-0.25, -0.2) is 4.98 Å². The molecule has 0 spiro atoms. The van der Waals surface area contributed by atoms with E-state index in [4.69, 9.17) is 4.98 Å². The molecule has 1 aromatic carbocycles. The molecule has 0 aliphatic rings. The molecule has 2 heteroatoms. The number of hydrogen-bond acceptors (Lipinski definition) is 1. The Kier molecular flexibility index (Phi) is 21.8. The lowest BCUT2D eigenvalue weighted by atomic mass is 10.1. The normalized spacial score (nSPS) is 11.4. The van der Waals surface area contributed by atoms with Gasteiger partial charge in [0.2, 0.25) is 0 Å². The second kappa shape index (κ2) is 25.2. The molecule has 1 heterocycles. The third-order valence-electron chi connectivity index (χ3n) is 8.66. The second-order valence-corrected chi connectivity index (χ2v) is 12.5. The van der Waals surface area contributed by atoms with Crippen molar-refractivity contribution in [2.75, 3.05) is 0 Å². The maximum absolute atomic E-state index is 5.16. The summed E-state index contributed by atoms with van der Waals surface area (Å²) >= 11 is 0. The fraction of sp³-hybridized carbons (Fsp3) is 0.763. The molecule has 0 saturated heterocycles. The minimum Gasteiger partial charge on any atom is -0.335 e. The maximum Gasteiger partial charge on any atom is 0.108 e. The molecule has 0 fully saturated rings. The zero-order valence-electron chi connectivity index (χ0n) is 27.0. The van der Waals surface area contributed by atoms with Crippen LogP contribution in [-0.4, -0.2) is 9.55 Å². The van der Waals surface area contributed by atoms with E-state index in [1.807, 2.05) is 0 Å². The molecule has 0 atom stereocenters. The van der Waals surface area contributed by atoms with Crippen molar-refractivity contribution in [3.63, 3.8) is 0 Å². The SMILES string of the molecule is CCCCCCCCCCCCCCn1cc(CCCc2ccccc2)nc1CCCCCCCCCCCC. The third-order valence-corrected chi connectivity index (χ3v) is 8.66. The van der Waals surface area contributed by atoms with Gasteiger partial charge in [-0.2, -0.15) is 0 Å². The minimum atomic E-state index is 1.10. The highest BCUT2D eigenvalue weighted by molar-refractivity contribution is 5.15. The number of aryl methyl sites for hydroxylation is 4. The number of imidazole rings is 1. The van der Waals surface area contributed by atoms with Crippen LogP contribution < -0.4 is 0 Å². The van der Waals surface area contributed by atoms with Crippen LogP contribution in [0.5, 0.6) is 0 Å². The summed E-state index contributed by atoms with van der Waals surface area (Å²) in [4.78, 5) is 5.16. The summed E-state index contributed by atoms with van der Waals surface area (Å²) < 4.78 is 2.53. The average Bonchev–Trinajstić information content (AvgIpc) is 3.36. The Hall–Kier alpha value is -1.57. The zero-order valence-corrected chi connectivity index (χ0v) is 27.0. The Morgan fingerprint density at radius 3 is 1.48 bits per heavy atom. The van der Waals surface area contributed by atoms with Gasteiger partial charge in [0, 0.05) is 19.2 Å². The highest BCUT2D eigenvalue weighted by Gasteiger charge is 2.09. The molecule has 0 saturated carbocycles. The molecular weight excluding hydrogens is 484 g/mol. The first kappa shape index (κ1) is 34.6. The van der Waals surface area contributed by atoms with Crippen LogP contribution >= 0.6 is 0 Å². The van der Waals surface area contributed by atoms with E-state index < -0.39 is 0 Å². The number of aromatic nitrogens is 2. The first-order valence-corrected chi connectivity index (χ1v) is 17.9.